The number of nitrogen functional groups attached to an aromatic ring is 1. The van der Waals surface area contributed by atoms with Gasteiger partial charge in [0.25, 0.3) is 0 Å². The molecule has 0 amide bonds. The number of carbonyl (C=O) groups excluding carboxylic acids is 1. The molecule has 6 nitrogen and oxygen atoms in total. The van der Waals surface area contributed by atoms with Crippen molar-refractivity contribution in [3.05, 3.63) is 58.7 Å². The molecule has 146 valence electrons. The minimum atomic E-state index is -3.78. The summed E-state index contributed by atoms with van der Waals surface area (Å²) in [6, 6.07) is 9.71. The van der Waals surface area contributed by atoms with E-state index >= 15 is 0 Å². The second-order valence-electron chi connectivity index (χ2n) is 6.49. The van der Waals surface area contributed by atoms with Crippen LogP contribution in [0.5, 0.6) is 0 Å². The number of carbonyl (C=O) groups is 1. The Morgan fingerprint density at radius 1 is 1.22 bits per heavy atom. The molecule has 0 aliphatic heterocycles. The highest BCUT2D eigenvalue weighted by atomic mass is 35.5. The zero-order valence-corrected chi connectivity index (χ0v) is 16.8. The van der Waals surface area contributed by atoms with Gasteiger partial charge in [-0.05, 0) is 67.1 Å². The second kappa shape index (κ2) is 8.29. The van der Waals surface area contributed by atoms with Crippen molar-refractivity contribution in [2.75, 3.05) is 12.8 Å². The van der Waals surface area contributed by atoms with Crippen LogP contribution < -0.4 is 10.5 Å². The van der Waals surface area contributed by atoms with E-state index in [0.717, 1.165) is 24.0 Å². The molecule has 0 radical (unpaired) electrons. The van der Waals surface area contributed by atoms with Crippen LogP contribution in [0.1, 0.15) is 45.9 Å². The van der Waals surface area contributed by atoms with Crippen LogP contribution in [0.15, 0.2) is 41.3 Å². The summed E-state index contributed by atoms with van der Waals surface area (Å²) >= 11 is 0. The molecule has 1 unspecified atom stereocenters. The molecule has 2 aromatic carbocycles. The molecule has 0 heterocycles. The van der Waals surface area contributed by atoms with Gasteiger partial charge in [-0.3, -0.25) is 0 Å². The molecule has 8 heteroatoms. The van der Waals surface area contributed by atoms with E-state index < -0.39 is 16.0 Å². The maximum Gasteiger partial charge on any atom is 0.338 e. The van der Waals surface area contributed by atoms with Gasteiger partial charge in [-0.2, -0.15) is 0 Å². The smallest absolute Gasteiger partial charge is 0.338 e. The number of esters is 1. The van der Waals surface area contributed by atoms with Gasteiger partial charge in [0.15, 0.2) is 0 Å². The summed E-state index contributed by atoms with van der Waals surface area (Å²) in [7, 11) is -2.51. The number of sulfonamides is 1. The summed E-state index contributed by atoms with van der Waals surface area (Å²) in [5, 5.41) is 0. The lowest BCUT2D eigenvalue weighted by molar-refractivity contribution is 0.0599. The van der Waals surface area contributed by atoms with Crippen molar-refractivity contribution >= 4 is 34.1 Å². The fourth-order valence-corrected chi connectivity index (χ4v) is 4.59. The van der Waals surface area contributed by atoms with Crippen LogP contribution in [0, 0.1) is 6.92 Å². The molecule has 3 N–H and O–H groups in total. The summed E-state index contributed by atoms with van der Waals surface area (Å²) < 4.78 is 33.2. The van der Waals surface area contributed by atoms with Gasteiger partial charge >= 0.3 is 5.97 Å². The number of rotatable bonds is 4. The van der Waals surface area contributed by atoms with Crippen LogP contribution in [0.4, 0.5) is 5.69 Å². The summed E-state index contributed by atoms with van der Waals surface area (Å²) in [6.07, 6.45) is 2.48. The van der Waals surface area contributed by atoms with Crippen LogP contribution in [0.3, 0.4) is 0 Å². The van der Waals surface area contributed by atoms with E-state index in [4.69, 9.17) is 10.5 Å². The number of hydrogen-bond acceptors (Lipinski definition) is 5. The van der Waals surface area contributed by atoms with Crippen molar-refractivity contribution in [1.82, 2.24) is 4.72 Å². The van der Waals surface area contributed by atoms with E-state index in [2.05, 4.69) is 4.72 Å². The predicted octanol–water partition coefficient (Wildman–Crippen LogP) is 3.14. The predicted molar refractivity (Wildman–Crippen MR) is 107 cm³/mol. The van der Waals surface area contributed by atoms with E-state index in [9.17, 15) is 13.2 Å². The van der Waals surface area contributed by atoms with Crippen molar-refractivity contribution in [1.29, 1.82) is 0 Å². The number of nitrogens with one attached hydrogen (secondary N) is 1. The van der Waals surface area contributed by atoms with Crippen molar-refractivity contribution < 1.29 is 17.9 Å². The van der Waals surface area contributed by atoms with Crippen LogP contribution in [0.25, 0.3) is 0 Å². The zero-order valence-electron chi connectivity index (χ0n) is 15.2. The van der Waals surface area contributed by atoms with E-state index in [0.29, 0.717) is 17.7 Å². The minimum absolute atomic E-state index is 0. The molecule has 0 aromatic heterocycles. The number of halogens is 1. The first-order chi connectivity index (χ1) is 12.3. The summed E-state index contributed by atoms with van der Waals surface area (Å²) in [4.78, 5) is 11.9. The van der Waals surface area contributed by atoms with Gasteiger partial charge in [-0.25, -0.2) is 17.9 Å². The topological polar surface area (TPSA) is 98.5 Å². The monoisotopic (exact) mass is 410 g/mol. The Hall–Kier alpha value is -2.09. The van der Waals surface area contributed by atoms with Gasteiger partial charge in [0.1, 0.15) is 0 Å². The fourth-order valence-electron chi connectivity index (χ4n) is 3.31. The molecule has 0 saturated heterocycles. The maximum absolute atomic E-state index is 12.9. The van der Waals surface area contributed by atoms with Crippen LogP contribution >= 0.6 is 12.4 Å². The molecule has 0 bridgehead atoms. The van der Waals surface area contributed by atoms with E-state index in [1.807, 2.05) is 12.1 Å². The van der Waals surface area contributed by atoms with Crippen molar-refractivity contribution in [2.45, 2.75) is 37.1 Å². The van der Waals surface area contributed by atoms with Crippen molar-refractivity contribution in [3.8, 4) is 0 Å². The molecule has 0 fully saturated rings. The number of benzene rings is 2. The molecule has 1 aliphatic carbocycles. The molecule has 0 saturated carbocycles. The highest BCUT2D eigenvalue weighted by Gasteiger charge is 2.26. The highest BCUT2D eigenvalue weighted by Crippen LogP contribution is 2.32. The Bertz CT molecular complexity index is 960. The molecule has 0 spiro atoms. The normalized spacial score (nSPS) is 16.1. The molecule has 2 aromatic rings. The number of ether oxygens (including phenoxy) is 1. The van der Waals surface area contributed by atoms with Crippen molar-refractivity contribution in [2.24, 2.45) is 0 Å². The van der Waals surface area contributed by atoms with E-state index in [1.165, 1.54) is 19.2 Å². The van der Waals surface area contributed by atoms with Crippen molar-refractivity contribution in [3.63, 3.8) is 0 Å². The summed E-state index contributed by atoms with van der Waals surface area (Å²) in [5.41, 5.74) is 9.44. The van der Waals surface area contributed by atoms with Gasteiger partial charge < -0.3 is 10.5 Å². The molecular formula is C19H23ClN2O4S. The van der Waals surface area contributed by atoms with E-state index in [1.54, 1.807) is 19.1 Å². The minimum Gasteiger partial charge on any atom is -0.465 e. The first kappa shape index (κ1) is 21.2. The average molecular weight is 411 g/mol. The van der Waals surface area contributed by atoms with Gasteiger partial charge in [-0.1, -0.05) is 12.1 Å². The number of fused-ring (bicyclic) bond motifs is 1. The van der Waals surface area contributed by atoms with Gasteiger partial charge in [0, 0.05) is 11.7 Å². The third-order valence-corrected chi connectivity index (χ3v) is 6.17. The summed E-state index contributed by atoms with van der Waals surface area (Å²) in [5.74, 6) is -0.557. The average Bonchev–Trinajstić information content (AvgIpc) is 2.61. The first-order valence-corrected chi connectivity index (χ1v) is 9.90. The number of methoxy groups -OCH3 is 1. The van der Waals surface area contributed by atoms with Gasteiger partial charge in [0.2, 0.25) is 10.0 Å². The van der Waals surface area contributed by atoms with Crippen LogP contribution in [-0.2, 0) is 21.2 Å². The second-order valence-corrected chi connectivity index (χ2v) is 8.21. The number of aryl methyl sites for hydroxylation is 2. The largest absolute Gasteiger partial charge is 0.465 e. The third-order valence-electron chi connectivity index (χ3n) is 4.70. The molecule has 3 rings (SSSR count). The standard InChI is InChI=1S/C19H22N2O4S.ClH/c1-12-6-8-15(11-17(12)19(22)25-2)26(23,24)21-18-5-3-4-13-10-14(20)7-9-16(13)18;/h6-11,18,21H,3-5,20H2,1-2H3;1H. The number of anilines is 1. The molecule has 1 atom stereocenters. The Kier molecular flexibility index (Phi) is 6.51. The fraction of sp³-hybridized carbons (Fsp3) is 0.316. The summed E-state index contributed by atoms with van der Waals surface area (Å²) in [6.45, 7) is 1.73. The Morgan fingerprint density at radius 2 is 1.96 bits per heavy atom. The Balaban J connectivity index is 0.00000261. The van der Waals surface area contributed by atoms with Gasteiger partial charge in [-0.15, -0.1) is 12.4 Å². The molecule has 27 heavy (non-hydrogen) atoms. The third kappa shape index (κ3) is 4.43. The Labute approximate surface area is 165 Å². The van der Waals surface area contributed by atoms with Gasteiger partial charge in [0.05, 0.1) is 17.6 Å². The Morgan fingerprint density at radius 3 is 2.67 bits per heavy atom. The lowest BCUT2D eigenvalue weighted by Crippen LogP contribution is -2.31. The first-order valence-electron chi connectivity index (χ1n) is 8.41. The van der Waals surface area contributed by atoms with Crippen LogP contribution in [0.2, 0.25) is 0 Å². The quantitative estimate of drug-likeness (QED) is 0.596. The number of nitrogens with two attached hydrogens (primary N) is 1. The molecular weight excluding hydrogens is 388 g/mol. The highest BCUT2D eigenvalue weighted by molar-refractivity contribution is 7.89. The zero-order chi connectivity index (χ0) is 18.9. The molecule has 1 aliphatic rings. The SMILES string of the molecule is COC(=O)c1cc(S(=O)(=O)NC2CCCc3cc(N)ccc32)ccc1C.Cl. The maximum atomic E-state index is 12.9. The lowest BCUT2D eigenvalue weighted by atomic mass is 9.88. The van der Waals surface area contributed by atoms with Crippen LogP contribution in [-0.4, -0.2) is 21.5 Å². The van der Waals surface area contributed by atoms with E-state index in [-0.39, 0.29) is 28.9 Å². The number of hydrogen-bond donors (Lipinski definition) is 2. The lowest BCUT2D eigenvalue weighted by Gasteiger charge is -2.26.